The van der Waals surface area contributed by atoms with Crippen LogP contribution in [0.2, 0.25) is 0 Å². The Morgan fingerprint density at radius 1 is 0.330 bits per heavy atom. The zero-order valence-electron chi connectivity index (χ0n) is 57.0. The van der Waals surface area contributed by atoms with Crippen LogP contribution in [-0.4, -0.2) is 96.7 Å². The Balaban J connectivity index is 5.16. The van der Waals surface area contributed by atoms with Gasteiger partial charge in [0.25, 0.3) is 0 Å². The normalized spacial score (nSPS) is 14.5. The molecule has 0 radical (unpaired) electrons. The highest BCUT2D eigenvalue weighted by Crippen LogP contribution is 2.45. The lowest BCUT2D eigenvalue weighted by molar-refractivity contribution is -0.161. The van der Waals surface area contributed by atoms with Gasteiger partial charge >= 0.3 is 39.5 Å². The average Bonchev–Trinajstić information content (AvgIpc) is 3.70. The van der Waals surface area contributed by atoms with E-state index in [1.54, 1.807) is 0 Å². The summed E-state index contributed by atoms with van der Waals surface area (Å²) in [7, 11) is -9.89. The molecule has 0 heterocycles. The first-order chi connectivity index (χ1) is 42.4. The Morgan fingerprint density at radius 3 is 0.864 bits per heavy atom. The molecule has 0 aliphatic rings. The molecule has 0 saturated carbocycles. The topological polar surface area (TPSA) is 237 Å². The molecule has 3 N–H and O–H groups in total. The van der Waals surface area contributed by atoms with Crippen molar-refractivity contribution in [1.82, 2.24) is 0 Å². The summed E-state index contributed by atoms with van der Waals surface area (Å²) in [5, 5.41) is 10.5. The van der Waals surface area contributed by atoms with E-state index in [0.29, 0.717) is 25.7 Å². The molecule has 0 spiro atoms. The van der Waals surface area contributed by atoms with Gasteiger partial charge in [0, 0.05) is 25.7 Å². The van der Waals surface area contributed by atoms with Gasteiger partial charge in [-0.15, -0.1) is 0 Å². The lowest BCUT2D eigenvalue weighted by Crippen LogP contribution is -2.30. The smallest absolute Gasteiger partial charge is 0.462 e. The van der Waals surface area contributed by atoms with Crippen molar-refractivity contribution in [3.8, 4) is 0 Å². The summed E-state index contributed by atoms with van der Waals surface area (Å²) in [5.41, 5.74) is 0. The molecule has 17 nitrogen and oxygen atoms in total. The van der Waals surface area contributed by atoms with Crippen LogP contribution < -0.4 is 0 Å². The molecular weight excluding hydrogens is 1160 g/mol. The predicted molar refractivity (Wildman–Crippen MR) is 354 cm³/mol. The molecule has 0 aromatic rings. The highest BCUT2D eigenvalue weighted by molar-refractivity contribution is 7.47. The Bertz CT molecular complexity index is 1720. The average molecular weight is 1300 g/mol. The number of unbranched alkanes of at least 4 members (excludes halogenated alkanes) is 37. The predicted octanol–water partition coefficient (Wildman–Crippen LogP) is 19.6. The Kier molecular flexibility index (Phi) is 59.9. The molecule has 88 heavy (non-hydrogen) atoms. The summed E-state index contributed by atoms with van der Waals surface area (Å²) in [6.07, 6.45) is 46.1. The van der Waals surface area contributed by atoms with E-state index in [1.165, 1.54) is 161 Å². The van der Waals surface area contributed by atoms with Crippen LogP contribution >= 0.6 is 15.6 Å². The highest BCUT2D eigenvalue weighted by Gasteiger charge is 2.30. The second-order valence-electron chi connectivity index (χ2n) is 25.6. The molecule has 0 aromatic carbocycles. The third-order valence-electron chi connectivity index (χ3n) is 16.3. The fourth-order valence-corrected chi connectivity index (χ4v) is 12.0. The largest absolute Gasteiger partial charge is 0.472 e. The summed E-state index contributed by atoms with van der Waals surface area (Å²) >= 11 is 0. The van der Waals surface area contributed by atoms with E-state index in [-0.39, 0.29) is 25.7 Å². The number of rotatable bonds is 68. The maximum absolute atomic E-state index is 13.0. The Labute approximate surface area is 537 Å². The fraction of sp³-hybridized carbons (Fsp3) is 0.942. The van der Waals surface area contributed by atoms with E-state index in [4.69, 9.17) is 37.0 Å². The minimum atomic E-state index is -4.95. The molecule has 0 aliphatic carbocycles. The molecule has 522 valence electrons. The van der Waals surface area contributed by atoms with E-state index >= 15 is 0 Å². The second kappa shape index (κ2) is 61.3. The van der Waals surface area contributed by atoms with Crippen LogP contribution in [-0.2, 0) is 65.4 Å². The van der Waals surface area contributed by atoms with Crippen molar-refractivity contribution >= 4 is 39.5 Å². The fourth-order valence-electron chi connectivity index (χ4n) is 10.4. The molecule has 0 amide bonds. The van der Waals surface area contributed by atoms with Crippen LogP contribution in [0.15, 0.2) is 0 Å². The molecule has 19 heteroatoms. The number of aliphatic hydroxyl groups is 1. The van der Waals surface area contributed by atoms with Crippen molar-refractivity contribution in [3.63, 3.8) is 0 Å². The third-order valence-corrected chi connectivity index (χ3v) is 18.2. The zero-order valence-corrected chi connectivity index (χ0v) is 58.8. The number of carbonyl (C=O) groups excluding carboxylic acids is 4. The molecule has 0 rings (SSSR count). The Hall–Kier alpha value is -1.94. The van der Waals surface area contributed by atoms with Crippen molar-refractivity contribution in [2.45, 2.75) is 368 Å². The number of hydrogen-bond acceptors (Lipinski definition) is 15. The molecular formula is C69H134O17P2. The first kappa shape index (κ1) is 86.1. The lowest BCUT2D eigenvalue weighted by Gasteiger charge is -2.21. The SMILES string of the molecule is CCCCCCCCCCCCCC(=O)O[C@H](COC(=O)CCCCCCC)COP(=O)(O)OC[C@H](O)COP(=O)(O)OC[C@@H](COC(=O)CCCCCCCCCCCCCC(C)C)OC(=O)CCCCCCCCCCCCCCCCC(C)CC. The van der Waals surface area contributed by atoms with Gasteiger partial charge in [-0.25, -0.2) is 9.13 Å². The zero-order chi connectivity index (χ0) is 65.0. The van der Waals surface area contributed by atoms with E-state index in [2.05, 4.69) is 41.5 Å². The quantitative estimate of drug-likeness (QED) is 0.0222. The van der Waals surface area contributed by atoms with E-state index in [0.717, 1.165) is 108 Å². The number of hydrogen-bond donors (Lipinski definition) is 3. The summed E-state index contributed by atoms with van der Waals surface area (Å²) in [5.74, 6) is -0.519. The van der Waals surface area contributed by atoms with E-state index < -0.39 is 97.5 Å². The van der Waals surface area contributed by atoms with Gasteiger partial charge in [-0.05, 0) is 37.5 Å². The monoisotopic (exact) mass is 1300 g/mol. The number of phosphoric acid groups is 2. The van der Waals surface area contributed by atoms with Crippen LogP contribution in [0, 0.1) is 11.8 Å². The van der Waals surface area contributed by atoms with Gasteiger partial charge in [0.2, 0.25) is 0 Å². The van der Waals surface area contributed by atoms with Gasteiger partial charge in [-0.3, -0.25) is 37.3 Å². The van der Waals surface area contributed by atoms with Gasteiger partial charge in [-0.2, -0.15) is 0 Å². The van der Waals surface area contributed by atoms with Crippen LogP contribution in [0.25, 0.3) is 0 Å². The van der Waals surface area contributed by atoms with E-state index in [1.807, 2.05) is 0 Å². The molecule has 0 aromatic heterocycles. The van der Waals surface area contributed by atoms with Gasteiger partial charge in [0.1, 0.15) is 19.3 Å². The van der Waals surface area contributed by atoms with E-state index in [9.17, 15) is 43.2 Å². The summed E-state index contributed by atoms with van der Waals surface area (Å²) in [6.45, 7) is 9.51. The first-order valence-electron chi connectivity index (χ1n) is 36.0. The molecule has 0 fully saturated rings. The van der Waals surface area contributed by atoms with Crippen LogP contribution in [0.4, 0.5) is 0 Å². The van der Waals surface area contributed by atoms with Crippen molar-refractivity contribution in [2.75, 3.05) is 39.6 Å². The molecule has 3 unspecified atom stereocenters. The summed E-state index contributed by atoms with van der Waals surface area (Å²) < 4.78 is 68.0. The summed E-state index contributed by atoms with van der Waals surface area (Å²) in [6, 6.07) is 0. The highest BCUT2D eigenvalue weighted by atomic mass is 31.2. The minimum Gasteiger partial charge on any atom is -0.462 e. The number of aliphatic hydroxyl groups excluding tert-OH is 1. The van der Waals surface area contributed by atoms with Gasteiger partial charge < -0.3 is 33.8 Å². The number of phosphoric ester groups is 2. The first-order valence-corrected chi connectivity index (χ1v) is 39.0. The third kappa shape index (κ3) is 61.6. The van der Waals surface area contributed by atoms with Crippen molar-refractivity contribution in [1.29, 1.82) is 0 Å². The number of carbonyl (C=O) groups is 4. The van der Waals surface area contributed by atoms with Crippen LogP contribution in [0.5, 0.6) is 0 Å². The molecule has 0 aliphatic heterocycles. The maximum Gasteiger partial charge on any atom is 0.472 e. The maximum atomic E-state index is 13.0. The number of ether oxygens (including phenoxy) is 4. The van der Waals surface area contributed by atoms with Crippen molar-refractivity contribution in [3.05, 3.63) is 0 Å². The van der Waals surface area contributed by atoms with Crippen molar-refractivity contribution < 1.29 is 80.2 Å². The van der Waals surface area contributed by atoms with Crippen LogP contribution in [0.3, 0.4) is 0 Å². The molecule has 0 saturated heterocycles. The molecule has 6 atom stereocenters. The van der Waals surface area contributed by atoms with Crippen LogP contribution in [0.1, 0.15) is 350 Å². The minimum absolute atomic E-state index is 0.106. The van der Waals surface area contributed by atoms with Gasteiger partial charge in [0.15, 0.2) is 12.2 Å². The van der Waals surface area contributed by atoms with Crippen molar-refractivity contribution in [2.24, 2.45) is 11.8 Å². The summed E-state index contributed by atoms with van der Waals surface area (Å²) in [4.78, 5) is 72.2. The van der Waals surface area contributed by atoms with Gasteiger partial charge in [0.05, 0.1) is 26.4 Å². The molecule has 0 bridgehead atoms. The van der Waals surface area contributed by atoms with Gasteiger partial charge in [-0.1, -0.05) is 298 Å². The number of esters is 4. The second-order valence-corrected chi connectivity index (χ2v) is 28.5. The Morgan fingerprint density at radius 2 is 0.580 bits per heavy atom. The lowest BCUT2D eigenvalue weighted by atomic mass is 9.99. The standard InChI is InChI=1S/C69H134O17P2/c1-7-10-12-14-15-16-22-30-35-41-47-53-68(73)85-64(57-79-66(71)51-45-37-13-11-8-2)59-83-87(75,76)81-55-63(70)56-82-88(77,78)84-60-65(58-80-67(72)52-46-40-34-29-26-21-23-27-32-38-43-49-61(4)5)86-69(74)54-48-42-36-31-25-20-18-17-19-24-28-33-39-44-50-62(6)9-3/h61-65,70H,7-60H2,1-6H3,(H,75,76)(H,77,78)/t62?,63-,64+,65+/m0/s1.